The molecule has 6 heteroatoms. The first-order valence-electron chi connectivity index (χ1n) is 7.99. The Hall–Kier alpha value is -2.99. The molecular formula is C19H16N4OS. The van der Waals surface area contributed by atoms with Crippen LogP contribution in [0, 0.1) is 0 Å². The van der Waals surface area contributed by atoms with Crippen molar-refractivity contribution in [2.75, 3.05) is 6.61 Å². The van der Waals surface area contributed by atoms with Crippen LogP contribution in [0.25, 0.3) is 0 Å². The summed E-state index contributed by atoms with van der Waals surface area (Å²) in [5.74, 6) is 1.54. The molecule has 0 unspecified atom stereocenters. The minimum atomic E-state index is 0.614. The van der Waals surface area contributed by atoms with Crippen molar-refractivity contribution in [1.82, 2.24) is 10.4 Å². The van der Waals surface area contributed by atoms with Gasteiger partial charge in [0.15, 0.2) is 5.84 Å². The first-order valence-corrected chi connectivity index (χ1v) is 8.87. The Morgan fingerprint density at radius 1 is 1.12 bits per heavy atom. The molecule has 5 nitrogen and oxygen atoms in total. The van der Waals surface area contributed by atoms with Gasteiger partial charge in [0.25, 0.3) is 0 Å². The Bertz CT molecular complexity index is 933. The zero-order valence-corrected chi connectivity index (χ0v) is 14.5. The highest BCUT2D eigenvalue weighted by atomic mass is 32.1. The molecule has 0 saturated heterocycles. The summed E-state index contributed by atoms with van der Waals surface area (Å²) in [5.41, 5.74) is 6.69. The van der Waals surface area contributed by atoms with Gasteiger partial charge in [-0.1, -0.05) is 6.07 Å². The summed E-state index contributed by atoms with van der Waals surface area (Å²) in [4.78, 5) is 9.93. The van der Waals surface area contributed by atoms with Crippen molar-refractivity contribution < 1.29 is 4.74 Å². The van der Waals surface area contributed by atoms with Crippen molar-refractivity contribution >= 4 is 28.6 Å². The second-order valence-electron chi connectivity index (χ2n) is 5.36. The van der Waals surface area contributed by atoms with E-state index in [2.05, 4.69) is 15.5 Å². The van der Waals surface area contributed by atoms with Crippen molar-refractivity contribution in [2.45, 2.75) is 6.92 Å². The lowest BCUT2D eigenvalue weighted by Gasteiger charge is -2.10. The highest BCUT2D eigenvalue weighted by Crippen LogP contribution is 2.30. The molecule has 3 aromatic rings. The average molecular weight is 348 g/mol. The minimum Gasteiger partial charge on any atom is -0.494 e. The fourth-order valence-electron chi connectivity index (χ4n) is 2.63. The van der Waals surface area contributed by atoms with Crippen LogP contribution < -0.4 is 10.2 Å². The second kappa shape index (κ2) is 6.86. The van der Waals surface area contributed by atoms with E-state index < -0.39 is 0 Å². The van der Waals surface area contributed by atoms with Crippen LogP contribution in [0.1, 0.15) is 22.9 Å². The number of benzene rings is 1. The van der Waals surface area contributed by atoms with Crippen LogP contribution in [-0.2, 0) is 0 Å². The Kier molecular flexibility index (Phi) is 4.26. The molecule has 0 spiro atoms. The van der Waals surface area contributed by atoms with Crippen LogP contribution in [-0.4, -0.2) is 23.1 Å². The van der Waals surface area contributed by atoms with E-state index >= 15 is 0 Å². The van der Waals surface area contributed by atoms with Gasteiger partial charge < -0.3 is 4.74 Å². The number of amidine groups is 1. The number of aliphatic imine (C=N–C) groups is 1. The molecule has 1 N–H and O–H groups in total. The van der Waals surface area contributed by atoms with Gasteiger partial charge in [0.05, 0.1) is 17.2 Å². The number of pyridine rings is 1. The highest BCUT2D eigenvalue weighted by molar-refractivity contribution is 7.12. The average Bonchev–Trinajstić information content (AvgIpc) is 3.11. The molecule has 0 amide bonds. The molecule has 0 bridgehead atoms. The molecule has 0 saturated carbocycles. The molecule has 0 fully saturated rings. The van der Waals surface area contributed by atoms with Gasteiger partial charge >= 0.3 is 0 Å². The van der Waals surface area contributed by atoms with Gasteiger partial charge in [-0.05, 0) is 48.7 Å². The van der Waals surface area contributed by atoms with E-state index in [4.69, 9.17) is 9.73 Å². The zero-order chi connectivity index (χ0) is 17.1. The predicted octanol–water partition coefficient (Wildman–Crippen LogP) is 3.98. The van der Waals surface area contributed by atoms with Crippen LogP contribution in [0.2, 0.25) is 0 Å². The third kappa shape index (κ3) is 3.16. The number of aromatic nitrogens is 1. The number of ether oxygens (including phenoxy) is 1. The summed E-state index contributed by atoms with van der Waals surface area (Å²) in [6, 6.07) is 13.8. The summed E-state index contributed by atoms with van der Waals surface area (Å²) >= 11 is 1.62. The SMILES string of the molecule is CCOc1ccc2c(c1)C(c1ccncc1)=NNC(c1cccs1)=N2. The lowest BCUT2D eigenvalue weighted by Crippen LogP contribution is -2.18. The standard InChI is InChI=1S/C19H16N4OS/c1-2-24-14-5-6-16-15(12-14)18(13-7-9-20-10-8-13)22-23-19(21-16)17-4-3-11-25-17/h3-12H,2H2,1H3,(H,21,23). The summed E-state index contributed by atoms with van der Waals surface area (Å²) in [6.45, 7) is 2.58. The molecule has 0 aliphatic carbocycles. The van der Waals surface area contributed by atoms with Gasteiger partial charge in [-0.2, -0.15) is 5.10 Å². The normalized spacial score (nSPS) is 13.2. The molecule has 1 aliphatic heterocycles. The fraction of sp³-hybridized carbons (Fsp3) is 0.105. The molecule has 124 valence electrons. The predicted molar refractivity (Wildman–Crippen MR) is 101 cm³/mol. The van der Waals surface area contributed by atoms with Crippen molar-refractivity contribution in [3.63, 3.8) is 0 Å². The van der Waals surface area contributed by atoms with Crippen molar-refractivity contribution in [1.29, 1.82) is 0 Å². The molecule has 0 atom stereocenters. The van der Waals surface area contributed by atoms with E-state index in [9.17, 15) is 0 Å². The number of thiophene rings is 1. The number of hydrazone groups is 1. The number of nitrogens with one attached hydrogen (secondary N) is 1. The lowest BCUT2D eigenvalue weighted by molar-refractivity contribution is 0.340. The lowest BCUT2D eigenvalue weighted by atomic mass is 10.0. The summed E-state index contributed by atoms with van der Waals surface area (Å²) in [5, 5.41) is 6.66. The molecule has 2 aromatic heterocycles. The Morgan fingerprint density at radius 2 is 2.00 bits per heavy atom. The van der Waals surface area contributed by atoms with Crippen molar-refractivity contribution in [3.05, 3.63) is 76.2 Å². The number of rotatable bonds is 4. The molecule has 3 heterocycles. The Labute approximate surface area is 149 Å². The van der Waals surface area contributed by atoms with E-state index in [0.717, 1.165) is 39.0 Å². The first-order chi connectivity index (χ1) is 12.3. The molecule has 1 aromatic carbocycles. The van der Waals surface area contributed by atoms with Gasteiger partial charge in [-0.3, -0.25) is 10.4 Å². The van der Waals surface area contributed by atoms with E-state index in [1.54, 1.807) is 23.7 Å². The molecular weight excluding hydrogens is 332 g/mol. The summed E-state index contributed by atoms with van der Waals surface area (Å²) in [6.07, 6.45) is 3.52. The van der Waals surface area contributed by atoms with Crippen LogP contribution >= 0.6 is 11.3 Å². The van der Waals surface area contributed by atoms with Gasteiger partial charge in [0, 0.05) is 23.5 Å². The highest BCUT2D eigenvalue weighted by Gasteiger charge is 2.18. The minimum absolute atomic E-state index is 0.614. The monoisotopic (exact) mass is 348 g/mol. The molecule has 25 heavy (non-hydrogen) atoms. The van der Waals surface area contributed by atoms with Crippen LogP contribution in [0.5, 0.6) is 5.75 Å². The number of fused-ring (bicyclic) bond motifs is 1. The maximum absolute atomic E-state index is 5.66. The topological polar surface area (TPSA) is 58.9 Å². The second-order valence-corrected chi connectivity index (χ2v) is 6.31. The van der Waals surface area contributed by atoms with E-state index in [0.29, 0.717) is 6.61 Å². The quantitative estimate of drug-likeness (QED) is 0.776. The van der Waals surface area contributed by atoms with E-state index in [1.165, 1.54) is 0 Å². The van der Waals surface area contributed by atoms with Crippen molar-refractivity contribution in [2.24, 2.45) is 10.1 Å². The Morgan fingerprint density at radius 3 is 2.76 bits per heavy atom. The van der Waals surface area contributed by atoms with Gasteiger partial charge in [-0.25, -0.2) is 4.99 Å². The molecule has 4 rings (SSSR count). The van der Waals surface area contributed by atoms with E-state index in [1.807, 2.05) is 54.8 Å². The summed E-state index contributed by atoms with van der Waals surface area (Å²) in [7, 11) is 0. The first kappa shape index (κ1) is 15.5. The van der Waals surface area contributed by atoms with Crippen molar-refractivity contribution in [3.8, 4) is 5.75 Å². The number of hydrogen-bond acceptors (Lipinski definition) is 6. The molecule has 0 radical (unpaired) electrons. The largest absolute Gasteiger partial charge is 0.494 e. The third-order valence-electron chi connectivity index (χ3n) is 3.75. The smallest absolute Gasteiger partial charge is 0.164 e. The molecule has 1 aliphatic rings. The van der Waals surface area contributed by atoms with Gasteiger partial charge in [0.2, 0.25) is 0 Å². The van der Waals surface area contributed by atoms with Gasteiger partial charge in [-0.15, -0.1) is 11.3 Å². The Balaban J connectivity index is 1.87. The maximum atomic E-state index is 5.66. The van der Waals surface area contributed by atoms with Crippen LogP contribution in [0.4, 0.5) is 5.69 Å². The van der Waals surface area contributed by atoms with Crippen LogP contribution in [0.15, 0.2) is 70.3 Å². The number of nitrogens with zero attached hydrogens (tertiary/aromatic N) is 3. The zero-order valence-electron chi connectivity index (χ0n) is 13.6. The maximum Gasteiger partial charge on any atom is 0.164 e. The van der Waals surface area contributed by atoms with Crippen LogP contribution in [0.3, 0.4) is 0 Å². The van der Waals surface area contributed by atoms with Gasteiger partial charge in [0.1, 0.15) is 11.5 Å². The van der Waals surface area contributed by atoms with E-state index in [-0.39, 0.29) is 0 Å². The number of hydrogen-bond donors (Lipinski definition) is 1. The third-order valence-corrected chi connectivity index (χ3v) is 4.62. The fourth-order valence-corrected chi connectivity index (χ4v) is 3.29. The summed E-state index contributed by atoms with van der Waals surface area (Å²) < 4.78 is 5.66.